The number of ketones is 1. The molecule has 3 aromatic rings. The minimum Gasteiger partial charge on any atom is -0.326 e. The maximum atomic E-state index is 12.6. The van der Waals surface area contributed by atoms with Gasteiger partial charge in [-0.3, -0.25) is 19.0 Å². The molecule has 1 aromatic heterocycles. The van der Waals surface area contributed by atoms with Gasteiger partial charge in [-0.05, 0) is 42.5 Å². The van der Waals surface area contributed by atoms with E-state index in [1.807, 2.05) is 6.07 Å². The van der Waals surface area contributed by atoms with E-state index in [1.54, 1.807) is 50.2 Å². The number of hydrogen-bond donors (Lipinski definition) is 1. The van der Waals surface area contributed by atoms with Crippen LogP contribution in [0.5, 0.6) is 0 Å². The Morgan fingerprint density at radius 3 is 2.52 bits per heavy atom. The van der Waals surface area contributed by atoms with E-state index in [4.69, 9.17) is 0 Å². The Bertz CT molecular complexity index is 1070. The van der Waals surface area contributed by atoms with Gasteiger partial charge in [-0.15, -0.1) is 0 Å². The van der Waals surface area contributed by atoms with E-state index in [9.17, 15) is 14.4 Å². The van der Waals surface area contributed by atoms with Gasteiger partial charge < -0.3 is 5.32 Å². The van der Waals surface area contributed by atoms with Crippen molar-refractivity contribution in [2.45, 2.75) is 20.4 Å². The lowest BCUT2D eigenvalue weighted by Crippen LogP contribution is -2.24. The Morgan fingerprint density at radius 1 is 1.15 bits per heavy atom. The lowest BCUT2D eigenvalue weighted by atomic mass is 10.1. The maximum Gasteiger partial charge on any atom is 0.261 e. The molecule has 0 bridgehead atoms. The van der Waals surface area contributed by atoms with E-state index in [-0.39, 0.29) is 29.7 Å². The highest BCUT2D eigenvalue weighted by Crippen LogP contribution is 2.15. The van der Waals surface area contributed by atoms with Crippen molar-refractivity contribution in [2.75, 3.05) is 5.32 Å². The summed E-state index contributed by atoms with van der Waals surface area (Å²) < 4.78 is 2.07. The second kappa shape index (κ2) is 7.84. The van der Waals surface area contributed by atoms with Gasteiger partial charge in [0.2, 0.25) is 5.91 Å². The third kappa shape index (κ3) is 4.31. The maximum absolute atomic E-state index is 12.6. The van der Waals surface area contributed by atoms with Crippen molar-refractivity contribution in [1.29, 1.82) is 0 Å². The van der Waals surface area contributed by atoms with E-state index < -0.39 is 0 Å². The zero-order valence-corrected chi connectivity index (χ0v) is 16.5. The first-order valence-electron chi connectivity index (χ1n) is 8.44. The van der Waals surface area contributed by atoms with Crippen molar-refractivity contribution in [3.05, 3.63) is 69.2 Å². The number of aromatic nitrogens is 2. The third-order valence-electron chi connectivity index (χ3n) is 4.10. The van der Waals surface area contributed by atoms with Gasteiger partial charge in [0, 0.05) is 21.6 Å². The van der Waals surface area contributed by atoms with Gasteiger partial charge in [-0.1, -0.05) is 29.8 Å². The van der Waals surface area contributed by atoms with Crippen LogP contribution < -0.4 is 10.9 Å². The Labute approximate surface area is 164 Å². The van der Waals surface area contributed by atoms with Gasteiger partial charge in [0.1, 0.15) is 0 Å². The minimum absolute atomic E-state index is 0.0889. The zero-order valence-electron chi connectivity index (χ0n) is 14.9. The summed E-state index contributed by atoms with van der Waals surface area (Å²) >= 11 is 3.34. The molecule has 2 aromatic carbocycles. The number of nitrogens with one attached hydrogen (secondary N) is 1. The average Bonchev–Trinajstić information content (AvgIpc) is 2.65. The fourth-order valence-corrected chi connectivity index (χ4v) is 2.88. The number of hydrogen-bond acceptors (Lipinski definition) is 4. The summed E-state index contributed by atoms with van der Waals surface area (Å²) in [5, 5.41) is 3.22. The van der Waals surface area contributed by atoms with Crippen LogP contribution in [0, 0.1) is 5.92 Å². The van der Waals surface area contributed by atoms with Gasteiger partial charge in [0.25, 0.3) is 5.56 Å². The van der Waals surface area contributed by atoms with Crippen LogP contribution in [0.2, 0.25) is 0 Å². The van der Waals surface area contributed by atoms with Crippen LogP contribution >= 0.6 is 15.9 Å². The van der Waals surface area contributed by atoms with E-state index >= 15 is 0 Å². The molecule has 0 spiro atoms. The molecular weight excluding hydrogens is 410 g/mol. The molecule has 0 unspecified atom stereocenters. The summed E-state index contributed by atoms with van der Waals surface area (Å²) in [6.07, 6.45) is 1.38. The van der Waals surface area contributed by atoms with Crippen molar-refractivity contribution in [2.24, 2.45) is 5.92 Å². The second-order valence-corrected chi connectivity index (χ2v) is 7.40. The number of amides is 1. The van der Waals surface area contributed by atoms with E-state index in [2.05, 4.69) is 26.2 Å². The van der Waals surface area contributed by atoms with Gasteiger partial charge in [-0.2, -0.15) is 0 Å². The summed E-state index contributed by atoms with van der Waals surface area (Å²) in [7, 11) is 0. The highest BCUT2D eigenvalue weighted by Gasteiger charge is 2.12. The molecule has 0 fully saturated rings. The predicted molar refractivity (Wildman–Crippen MR) is 108 cm³/mol. The number of halogens is 1. The Morgan fingerprint density at radius 2 is 1.85 bits per heavy atom. The molecule has 1 amide bonds. The molecule has 0 radical (unpaired) electrons. The Kier molecular flexibility index (Phi) is 5.51. The number of carbonyl (C=O) groups is 2. The number of carbonyl (C=O) groups excluding carboxylic acids is 2. The van der Waals surface area contributed by atoms with Crippen molar-refractivity contribution in [1.82, 2.24) is 9.55 Å². The summed E-state index contributed by atoms with van der Waals surface area (Å²) in [5.74, 6) is -0.428. The van der Waals surface area contributed by atoms with Crippen molar-refractivity contribution in [3.63, 3.8) is 0 Å². The fourth-order valence-electron chi connectivity index (χ4n) is 2.52. The number of anilines is 1. The minimum atomic E-state index is -0.268. The molecule has 0 saturated heterocycles. The second-order valence-electron chi connectivity index (χ2n) is 6.48. The first kappa shape index (κ1) is 19.0. The Hall–Kier alpha value is -2.80. The molecule has 0 aliphatic carbocycles. The molecule has 27 heavy (non-hydrogen) atoms. The average molecular weight is 428 g/mol. The van der Waals surface area contributed by atoms with Gasteiger partial charge in [0.05, 0.1) is 23.8 Å². The molecular formula is C20H18BrN3O3. The van der Waals surface area contributed by atoms with Crippen LogP contribution in [0.15, 0.2) is 58.1 Å². The van der Waals surface area contributed by atoms with Crippen LogP contribution in [0.25, 0.3) is 10.9 Å². The van der Waals surface area contributed by atoms with Crippen LogP contribution in [0.1, 0.15) is 24.2 Å². The van der Waals surface area contributed by atoms with E-state index in [0.29, 0.717) is 22.2 Å². The lowest BCUT2D eigenvalue weighted by molar-refractivity contribution is -0.118. The van der Waals surface area contributed by atoms with Crippen LogP contribution in [0.3, 0.4) is 0 Å². The number of nitrogens with zero attached hydrogens (tertiary/aromatic N) is 2. The molecule has 1 heterocycles. The molecule has 0 aliphatic rings. The Balaban J connectivity index is 1.79. The zero-order chi connectivity index (χ0) is 19.6. The van der Waals surface area contributed by atoms with Gasteiger partial charge >= 0.3 is 0 Å². The molecule has 0 aliphatic heterocycles. The van der Waals surface area contributed by atoms with Crippen LogP contribution in [-0.2, 0) is 11.3 Å². The topological polar surface area (TPSA) is 81.1 Å². The number of Topliss-reactive ketones (excluding diaryl/α,β-unsaturated/α-hetero) is 1. The van der Waals surface area contributed by atoms with Crippen LogP contribution in [-0.4, -0.2) is 21.2 Å². The van der Waals surface area contributed by atoms with Gasteiger partial charge in [0.15, 0.2) is 5.78 Å². The summed E-state index contributed by atoms with van der Waals surface area (Å²) in [6, 6.07) is 11.9. The van der Waals surface area contributed by atoms with Crippen LogP contribution in [0.4, 0.5) is 5.69 Å². The number of benzene rings is 2. The SMILES string of the molecule is CC(C)C(=O)Nc1ccc(C(=O)Cn2cnc3ccc(Br)cc3c2=O)cc1. The van der Waals surface area contributed by atoms with Crippen molar-refractivity contribution < 1.29 is 9.59 Å². The molecule has 1 N–H and O–H groups in total. The predicted octanol–water partition coefficient (Wildman–Crippen LogP) is 3.64. The van der Waals surface area contributed by atoms with E-state index in [1.165, 1.54) is 10.9 Å². The molecule has 7 heteroatoms. The number of rotatable bonds is 5. The van der Waals surface area contributed by atoms with Crippen molar-refractivity contribution in [3.8, 4) is 0 Å². The highest BCUT2D eigenvalue weighted by molar-refractivity contribution is 9.10. The number of fused-ring (bicyclic) bond motifs is 1. The first-order valence-corrected chi connectivity index (χ1v) is 9.23. The largest absolute Gasteiger partial charge is 0.326 e. The standard InChI is InChI=1S/C20H18BrN3O3/c1-12(2)19(26)23-15-6-3-13(4-7-15)18(25)10-24-11-22-17-8-5-14(21)9-16(17)20(24)27/h3-9,11-12H,10H2,1-2H3,(H,23,26). The third-order valence-corrected chi connectivity index (χ3v) is 4.59. The first-order chi connectivity index (χ1) is 12.8. The monoisotopic (exact) mass is 427 g/mol. The summed E-state index contributed by atoms with van der Waals surface area (Å²) in [4.78, 5) is 41.1. The van der Waals surface area contributed by atoms with Gasteiger partial charge in [-0.25, -0.2) is 4.98 Å². The lowest BCUT2D eigenvalue weighted by Gasteiger charge is -2.09. The van der Waals surface area contributed by atoms with E-state index in [0.717, 1.165) is 4.47 Å². The van der Waals surface area contributed by atoms with Crippen molar-refractivity contribution >= 4 is 44.2 Å². The highest BCUT2D eigenvalue weighted by atomic mass is 79.9. The molecule has 138 valence electrons. The molecule has 0 saturated carbocycles. The normalized spacial score (nSPS) is 11.0. The summed E-state index contributed by atoms with van der Waals surface area (Å²) in [6.45, 7) is 3.51. The smallest absolute Gasteiger partial charge is 0.261 e. The summed E-state index contributed by atoms with van der Waals surface area (Å²) in [5.41, 5.74) is 1.39. The molecule has 0 atom stereocenters. The molecule has 3 rings (SSSR count). The molecule has 6 nitrogen and oxygen atoms in total. The quantitative estimate of drug-likeness (QED) is 0.630. The fraction of sp³-hybridized carbons (Fsp3) is 0.200.